The SMILES string of the molecule is CC.CCOC(C)CN(C)CCOc1c(C=O)c(COC)c(C)c(OC)c1C/C=C(\C)CCC(=O)OCCN1CCOCC1. The molecule has 0 N–H and O–H groups in total. The molecule has 1 aliphatic heterocycles. The van der Waals surface area contributed by atoms with Gasteiger partial charge in [-0.1, -0.05) is 25.5 Å². The summed E-state index contributed by atoms with van der Waals surface area (Å²) in [7, 11) is 5.24. The molecule has 2 rings (SSSR count). The fourth-order valence-electron chi connectivity index (χ4n) is 5.08. The molecule has 1 unspecified atom stereocenters. The average Bonchev–Trinajstić information content (AvgIpc) is 3.02. The van der Waals surface area contributed by atoms with Crippen LogP contribution in [0.3, 0.4) is 0 Å². The lowest BCUT2D eigenvalue weighted by Gasteiger charge is -2.26. The Morgan fingerprint density at radius 2 is 1.80 bits per heavy atom. The first-order valence-corrected chi connectivity index (χ1v) is 16.0. The highest BCUT2D eigenvalue weighted by Gasteiger charge is 2.23. The van der Waals surface area contributed by atoms with E-state index in [-0.39, 0.29) is 18.7 Å². The molecule has 44 heavy (non-hydrogen) atoms. The Morgan fingerprint density at radius 1 is 1.09 bits per heavy atom. The fourth-order valence-corrected chi connectivity index (χ4v) is 5.08. The number of hydrogen-bond acceptors (Lipinski definition) is 10. The topological polar surface area (TPSA) is 96.0 Å². The van der Waals surface area contributed by atoms with Gasteiger partial charge in [0.15, 0.2) is 6.29 Å². The highest BCUT2D eigenvalue weighted by atomic mass is 16.5. The number of methoxy groups -OCH3 is 2. The minimum Gasteiger partial charge on any atom is -0.496 e. The van der Waals surface area contributed by atoms with Crippen LogP contribution < -0.4 is 9.47 Å². The number of aldehydes is 1. The van der Waals surface area contributed by atoms with E-state index >= 15 is 0 Å². The monoisotopic (exact) mass is 622 g/mol. The Labute approximate surface area is 265 Å². The first kappa shape index (κ1) is 39.5. The van der Waals surface area contributed by atoms with Gasteiger partial charge in [0.1, 0.15) is 24.7 Å². The number of allylic oxidation sites excluding steroid dienone is 2. The van der Waals surface area contributed by atoms with Crippen LogP contribution in [0.15, 0.2) is 11.6 Å². The van der Waals surface area contributed by atoms with Gasteiger partial charge in [-0.25, -0.2) is 0 Å². The molecule has 0 saturated carbocycles. The molecule has 1 aromatic carbocycles. The summed E-state index contributed by atoms with van der Waals surface area (Å²) >= 11 is 0. The fraction of sp³-hybridized carbons (Fsp3) is 0.706. The zero-order valence-electron chi connectivity index (χ0n) is 28.8. The molecule has 10 heteroatoms. The van der Waals surface area contributed by atoms with Crippen molar-refractivity contribution in [3.05, 3.63) is 33.9 Å². The van der Waals surface area contributed by atoms with Crippen LogP contribution in [0.25, 0.3) is 0 Å². The van der Waals surface area contributed by atoms with E-state index in [9.17, 15) is 9.59 Å². The maximum absolute atomic E-state index is 12.4. The summed E-state index contributed by atoms with van der Waals surface area (Å²) in [5.41, 5.74) is 3.92. The van der Waals surface area contributed by atoms with Crippen LogP contribution in [0.2, 0.25) is 0 Å². The van der Waals surface area contributed by atoms with Crippen LogP contribution in [0.1, 0.15) is 74.5 Å². The van der Waals surface area contributed by atoms with Crippen LogP contribution in [-0.2, 0) is 36.8 Å². The van der Waals surface area contributed by atoms with Crippen molar-refractivity contribution in [3.63, 3.8) is 0 Å². The van der Waals surface area contributed by atoms with Crippen LogP contribution in [-0.4, -0.2) is 115 Å². The van der Waals surface area contributed by atoms with Gasteiger partial charge in [0.05, 0.1) is 38.6 Å². The van der Waals surface area contributed by atoms with E-state index in [1.54, 1.807) is 14.2 Å². The van der Waals surface area contributed by atoms with E-state index < -0.39 is 0 Å². The number of ether oxygens (including phenoxy) is 6. The molecule has 0 spiro atoms. The van der Waals surface area contributed by atoms with Gasteiger partial charge in [0, 0.05) is 58.4 Å². The summed E-state index contributed by atoms with van der Waals surface area (Å²) in [5.74, 6) is 0.980. The third-order valence-corrected chi connectivity index (χ3v) is 7.41. The summed E-state index contributed by atoms with van der Waals surface area (Å²) in [4.78, 5) is 29.1. The van der Waals surface area contributed by atoms with E-state index in [1.807, 2.05) is 48.6 Å². The van der Waals surface area contributed by atoms with E-state index in [0.29, 0.717) is 62.7 Å². The molecule has 1 aliphatic rings. The maximum Gasteiger partial charge on any atom is 0.306 e. The summed E-state index contributed by atoms with van der Waals surface area (Å²) in [6, 6.07) is 0. The quantitative estimate of drug-likeness (QED) is 0.114. The minimum atomic E-state index is -0.205. The lowest BCUT2D eigenvalue weighted by atomic mass is 9.94. The summed E-state index contributed by atoms with van der Waals surface area (Å²) < 4.78 is 34.0. The zero-order chi connectivity index (χ0) is 32.9. The zero-order valence-corrected chi connectivity index (χ0v) is 28.8. The Hall–Kier alpha value is -2.50. The van der Waals surface area contributed by atoms with Crippen molar-refractivity contribution in [2.45, 2.75) is 73.5 Å². The molecule has 0 radical (unpaired) electrons. The van der Waals surface area contributed by atoms with Gasteiger partial charge in [0.2, 0.25) is 0 Å². The summed E-state index contributed by atoms with van der Waals surface area (Å²) in [6.45, 7) is 19.0. The van der Waals surface area contributed by atoms with Gasteiger partial charge in [-0.15, -0.1) is 0 Å². The minimum absolute atomic E-state index is 0.115. The lowest BCUT2D eigenvalue weighted by molar-refractivity contribution is -0.144. The largest absolute Gasteiger partial charge is 0.496 e. The number of benzene rings is 1. The normalized spacial score (nSPS) is 14.5. The first-order chi connectivity index (χ1) is 21.2. The smallest absolute Gasteiger partial charge is 0.306 e. The van der Waals surface area contributed by atoms with Gasteiger partial charge in [-0.2, -0.15) is 0 Å². The van der Waals surface area contributed by atoms with Gasteiger partial charge in [0.25, 0.3) is 0 Å². The third kappa shape index (κ3) is 13.6. The Morgan fingerprint density at radius 3 is 2.41 bits per heavy atom. The second-order valence-corrected chi connectivity index (χ2v) is 10.7. The molecule has 1 saturated heterocycles. The Balaban J connectivity index is 0.00000474. The van der Waals surface area contributed by atoms with E-state index in [4.69, 9.17) is 28.4 Å². The van der Waals surface area contributed by atoms with Crippen LogP contribution >= 0.6 is 0 Å². The van der Waals surface area contributed by atoms with Gasteiger partial charge < -0.3 is 33.3 Å². The van der Waals surface area contributed by atoms with Gasteiger partial charge in [-0.3, -0.25) is 14.5 Å². The second kappa shape index (κ2) is 22.9. The number of likely N-dealkylation sites (N-methyl/N-ethyl adjacent to an activating group) is 1. The number of morpholine rings is 1. The van der Waals surface area contributed by atoms with Crippen molar-refractivity contribution in [3.8, 4) is 11.5 Å². The van der Waals surface area contributed by atoms with Crippen molar-refractivity contribution in [2.24, 2.45) is 0 Å². The molecule has 252 valence electrons. The number of rotatable bonds is 20. The van der Waals surface area contributed by atoms with E-state index in [0.717, 1.165) is 67.9 Å². The Bertz CT molecular complexity index is 1010. The molecule has 10 nitrogen and oxygen atoms in total. The summed E-state index contributed by atoms with van der Waals surface area (Å²) in [5, 5.41) is 0. The van der Waals surface area contributed by atoms with E-state index in [1.165, 1.54) is 0 Å². The van der Waals surface area contributed by atoms with Crippen LogP contribution in [0.5, 0.6) is 11.5 Å². The molecular formula is C34H58N2O8. The lowest BCUT2D eigenvalue weighted by Crippen LogP contribution is -2.38. The second-order valence-electron chi connectivity index (χ2n) is 10.7. The predicted octanol–water partition coefficient (Wildman–Crippen LogP) is 4.87. The average molecular weight is 623 g/mol. The molecular weight excluding hydrogens is 564 g/mol. The van der Waals surface area contributed by atoms with Crippen molar-refractivity contribution in [1.29, 1.82) is 0 Å². The van der Waals surface area contributed by atoms with Gasteiger partial charge in [-0.05, 0) is 58.7 Å². The number of hydrogen-bond donors (Lipinski definition) is 0. The Kier molecular flexibility index (Phi) is 20.6. The number of nitrogens with zero attached hydrogens (tertiary/aromatic N) is 2. The molecule has 1 aromatic rings. The molecule has 0 aliphatic carbocycles. The first-order valence-electron chi connectivity index (χ1n) is 16.0. The molecule has 0 aromatic heterocycles. The number of carbonyl (C=O) groups excluding carboxylic acids is 2. The van der Waals surface area contributed by atoms with E-state index in [2.05, 4.69) is 15.9 Å². The molecule has 0 amide bonds. The molecule has 1 heterocycles. The highest BCUT2D eigenvalue weighted by molar-refractivity contribution is 5.85. The number of carbonyl (C=O) groups is 2. The predicted molar refractivity (Wildman–Crippen MR) is 174 cm³/mol. The highest BCUT2D eigenvalue weighted by Crippen LogP contribution is 2.39. The molecule has 0 bridgehead atoms. The molecule has 1 atom stereocenters. The standard InChI is InChI=1S/C32H52N2O8.C2H6/c1-8-40-25(3)21-33(5)13-19-42-32-27(31(38-7)26(4)29(23-37-6)28(32)22-35)11-9-24(2)10-12-30(36)41-20-16-34-14-17-39-18-15-34;1-2/h9,22,25H,8,10-21,23H2,1-7H3;1-2H3/b24-9+;. The third-order valence-electron chi connectivity index (χ3n) is 7.41. The van der Waals surface area contributed by atoms with Crippen molar-refractivity contribution in [2.75, 3.05) is 87.0 Å². The summed E-state index contributed by atoms with van der Waals surface area (Å²) in [6.07, 6.45) is 4.39. The van der Waals surface area contributed by atoms with Crippen molar-refractivity contribution in [1.82, 2.24) is 9.80 Å². The van der Waals surface area contributed by atoms with Crippen molar-refractivity contribution < 1.29 is 38.0 Å². The maximum atomic E-state index is 12.4. The van der Waals surface area contributed by atoms with Crippen molar-refractivity contribution >= 4 is 12.3 Å². The van der Waals surface area contributed by atoms with Gasteiger partial charge >= 0.3 is 5.97 Å². The molecule has 1 fully saturated rings. The van der Waals surface area contributed by atoms with Crippen LogP contribution in [0.4, 0.5) is 0 Å². The number of esters is 1. The van der Waals surface area contributed by atoms with Crippen LogP contribution in [0, 0.1) is 6.92 Å².